The van der Waals surface area contributed by atoms with E-state index in [4.69, 9.17) is 14.2 Å². The fourth-order valence-corrected chi connectivity index (χ4v) is 2.15. The predicted octanol–water partition coefficient (Wildman–Crippen LogP) is 1.04. The van der Waals surface area contributed by atoms with Gasteiger partial charge in [-0.25, -0.2) is 4.79 Å². The first-order chi connectivity index (χ1) is 11.2. The van der Waals surface area contributed by atoms with Crippen LogP contribution in [0.15, 0.2) is 24.3 Å². The maximum atomic E-state index is 11.7. The Hall–Kier alpha value is -2.12. The molecule has 0 spiro atoms. The Bertz CT molecular complexity index is 512. The smallest absolute Gasteiger partial charge is 0.332 e. The predicted molar refractivity (Wildman–Crippen MR) is 85.6 cm³/mol. The van der Waals surface area contributed by atoms with E-state index in [-0.39, 0.29) is 19.1 Å². The lowest BCUT2D eigenvalue weighted by atomic mass is 10.2. The highest BCUT2D eigenvalue weighted by Gasteiger charge is 2.11. The molecule has 0 atom stereocenters. The van der Waals surface area contributed by atoms with Crippen LogP contribution in [0.3, 0.4) is 0 Å². The average molecular weight is 322 g/mol. The summed E-state index contributed by atoms with van der Waals surface area (Å²) in [6, 6.07) is 7.54. The molecular formula is C16H22N2O5. The number of morpholine rings is 1. The molecular weight excluding hydrogens is 300 g/mol. The number of nitrogens with one attached hydrogen (secondary N) is 1. The summed E-state index contributed by atoms with van der Waals surface area (Å²) in [5.41, 5.74) is 1.75. The Morgan fingerprint density at radius 2 is 1.87 bits per heavy atom. The number of benzene rings is 1. The van der Waals surface area contributed by atoms with Crippen LogP contribution >= 0.6 is 0 Å². The van der Waals surface area contributed by atoms with Gasteiger partial charge in [-0.2, -0.15) is 0 Å². The first-order valence-electron chi connectivity index (χ1n) is 7.65. The Balaban J connectivity index is 1.76. The number of hydrogen-bond donors (Lipinski definition) is 1. The molecule has 7 nitrogen and oxygen atoms in total. The zero-order valence-corrected chi connectivity index (χ0v) is 13.2. The van der Waals surface area contributed by atoms with Crippen LogP contribution < -0.4 is 10.2 Å². The van der Waals surface area contributed by atoms with Crippen LogP contribution in [0.25, 0.3) is 0 Å². The maximum absolute atomic E-state index is 11.7. The number of esters is 1. The van der Waals surface area contributed by atoms with Gasteiger partial charge < -0.3 is 24.4 Å². The number of nitrogens with zero attached hydrogens (tertiary/aromatic N) is 1. The van der Waals surface area contributed by atoms with Crippen molar-refractivity contribution in [3.05, 3.63) is 24.3 Å². The quantitative estimate of drug-likeness (QED) is 0.756. The zero-order valence-electron chi connectivity index (χ0n) is 13.2. The maximum Gasteiger partial charge on any atom is 0.332 e. The zero-order chi connectivity index (χ0) is 16.5. The highest BCUT2D eigenvalue weighted by Crippen LogP contribution is 2.18. The lowest BCUT2D eigenvalue weighted by molar-refractivity contribution is -0.151. The van der Waals surface area contributed by atoms with Gasteiger partial charge in [0.1, 0.15) is 6.61 Å². The molecule has 1 aromatic rings. The van der Waals surface area contributed by atoms with Crippen molar-refractivity contribution >= 4 is 23.3 Å². The molecule has 0 aliphatic carbocycles. The van der Waals surface area contributed by atoms with Gasteiger partial charge in [0.2, 0.25) is 0 Å². The molecule has 1 amide bonds. The monoisotopic (exact) mass is 322 g/mol. The first-order valence-corrected chi connectivity index (χ1v) is 7.65. The molecule has 126 valence electrons. The molecule has 1 heterocycles. The SMILES string of the molecule is CCOCC(=O)OCC(=O)Nc1ccc(N2CCOCC2)cc1. The van der Waals surface area contributed by atoms with Crippen molar-refractivity contribution in [1.82, 2.24) is 0 Å². The number of anilines is 2. The molecule has 7 heteroatoms. The Kier molecular flexibility index (Phi) is 6.83. The van der Waals surface area contributed by atoms with Gasteiger partial charge in [0.05, 0.1) is 13.2 Å². The van der Waals surface area contributed by atoms with Crippen molar-refractivity contribution in [2.24, 2.45) is 0 Å². The van der Waals surface area contributed by atoms with Gasteiger partial charge in [-0.1, -0.05) is 0 Å². The minimum Gasteiger partial charge on any atom is -0.454 e. The van der Waals surface area contributed by atoms with Crippen molar-refractivity contribution in [2.45, 2.75) is 6.92 Å². The lowest BCUT2D eigenvalue weighted by Gasteiger charge is -2.28. The Labute approximate surface area is 135 Å². The molecule has 1 fully saturated rings. The molecule has 1 aliphatic heterocycles. The van der Waals surface area contributed by atoms with E-state index in [9.17, 15) is 9.59 Å². The largest absolute Gasteiger partial charge is 0.454 e. The summed E-state index contributed by atoms with van der Waals surface area (Å²) < 4.78 is 15.0. The van der Waals surface area contributed by atoms with Crippen molar-refractivity contribution in [1.29, 1.82) is 0 Å². The molecule has 1 saturated heterocycles. The molecule has 23 heavy (non-hydrogen) atoms. The third kappa shape index (κ3) is 5.88. The molecule has 2 rings (SSSR count). The molecule has 1 aromatic carbocycles. The second-order valence-corrected chi connectivity index (χ2v) is 4.99. The minimum absolute atomic E-state index is 0.141. The second kappa shape index (κ2) is 9.12. The standard InChI is InChI=1S/C16H22N2O5/c1-2-21-12-16(20)23-11-15(19)17-13-3-5-14(6-4-13)18-7-9-22-10-8-18/h3-6H,2,7-12H2,1H3,(H,17,19). The fraction of sp³-hybridized carbons (Fsp3) is 0.500. The molecule has 0 radical (unpaired) electrons. The van der Waals surface area contributed by atoms with Gasteiger partial charge in [0.25, 0.3) is 5.91 Å². The van der Waals surface area contributed by atoms with E-state index in [0.717, 1.165) is 32.0 Å². The van der Waals surface area contributed by atoms with Crippen molar-refractivity contribution in [3.8, 4) is 0 Å². The number of carbonyl (C=O) groups excluding carboxylic acids is 2. The third-order valence-corrected chi connectivity index (χ3v) is 3.32. The van der Waals surface area contributed by atoms with Crippen LogP contribution in [0.5, 0.6) is 0 Å². The average Bonchev–Trinajstić information content (AvgIpc) is 2.59. The number of carbonyl (C=O) groups is 2. The summed E-state index contributed by atoms with van der Waals surface area (Å²) in [5, 5.41) is 2.68. The topological polar surface area (TPSA) is 77.1 Å². The van der Waals surface area contributed by atoms with Gasteiger partial charge in [0, 0.05) is 31.1 Å². The van der Waals surface area contributed by atoms with Crippen molar-refractivity contribution < 1.29 is 23.8 Å². The normalized spacial score (nSPS) is 14.4. The van der Waals surface area contributed by atoms with Crippen molar-refractivity contribution in [3.63, 3.8) is 0 Å². The van der Waals surface area contributed by atoms with E-state index in [2.05, 4.69) is 10.2 Å². The van der Waals surface area contributed by atoms with Crippen LogP contribution in [0.1, 0.15) is 6.92 Å². The number of amides is 1. The number of ether oxygens (including phenoxy) is 3. The van der Waals surface area contributed by atoms with E-state index in [1.165, 1.54) is 0 Å². The first kappa shape index (κ1) is 17.2. The van der Waals surface area contributed by atoms with Gasteiger partial charge in [-0.3, -0.25) is 4.79 Å². The van der Waals surface area contributed by atoms with E-state index in [1.54, 1.807) is 6.92 Å². The molecule has 0 aromatic heterocycles. The van der Waals surface area contributed by atoms with Gasteiger partial charge in [0.15, 0.2) is 6.61 Å². The minimum atomic E-state index is -0.551. The summed E-state index contributed by atoms with van der Waals surface area (Å²) in [4.78, 5) is 25.2. The number of rotatable bonds is 7. The summed E-state index contributed by atoms with van der Waals surface area (Å²) in [6.45, 7) is 4.92. The van der Waals surface area contributed by atoms with Crippen LogP contribution in [-0.2, 0) is 23.8 Å². The highest BCUT2D eigenvalue weighted by atomic mass is 16.6. The van der Waals surface area contributed by atoms with Gasteiger partial charge in [-0.15, -0.1) is 0 Å². The van der Waals surface area contributed by atoms with E-state index in [0.29, 0.717) is 12.3 Å². The van der Waals surface area contributed by atoms with Crippen molar-refractivity contribution in [2.75, 3.05) is 56.3 Å². The third-order valence-electron chi connectivity index (χ3n) is 3.32. The van der Waals surface area contributed by atoms with Crippen LogP contribution in [0, 0.1) is 0 Å². The van der Waals surface area contributed by atoms with E-state index < -0.39 is 5.97 Å². The molecule has 0 saturated carbocycles. The Morgan fingerprint density at radius 3 is 2.52 bits per heavy atom. The molecule has 0 unspecified atom stereocenters. The summed E-state index contributed by atoms with van der Waals surface area (Å²) in [7, 11) is 0. The van der Waals surface area contributed by atoms with Gasteiger partial charge in [-0.05, 0) is 31.2 Å². The molecule has 1 N–H and O–H groups in total. The van der Waals surface area contributed by atoms with Gasteiger partial charge >= 0.3 is 5.97 Å². The molecule has 1 aliphatic rings. The van der Waals surface area contributed by atoms with Crippen LogP contribution in [0.4, 0.5) is 11.4 Å². The fourth-order valence-electron chi connectivity index (χ4n) is 2.15. The summed E-state index contributed by atoms with van der Waals surface area (Å²) in [5.74, 6) is -0.932. The number of hydrogen-bond acceptors (Lipinski definition) is 6. The van der Waals surface area contributed by atoms with Crippen LogP contribution in [-0.4, -0.2) is 58.0 Å². The molecule has 0 bridgehead atoms. The summed E-state index contributed by atoms with van der Waals surface area (Å²) >= 11 is 0. The van der Waals surface area contributed by atoms with E-state index in [1.807, 2.05) is 24.3 Å². The van der Waals surface area contributed by atoms with E-state index >= 15 is 0 Å². The second-order valence-electron chi connectivity index (χ2n) is 4.99. The summed E-state index contributed by atoms with van der Waals surface area (Å²) in [6.07, 6.45) is 0. The van der Waals surface area contributed by atoms with Crippen LogP contribution in [0.2, 0.25) is 0 Å². The Morgan fingerprint density at radius 1 is 1.17 bits per heavy atom. The lowest BCUT2D eigenvalue weighted by Crippen LogP contribution is -2.36. The highest BCUT2D eigenvalue weighted by molar-refractivity contribution is 5.93.